The van der Waals surface area contributed by atoms with E-state index in [9.17, 15) is 4.79 Å². The summed E-state index contributed by atoms with van der Waals surface area (Å²) in [6.07, 6.45) is 5.48. The van der Waals surface area contributed by atoms with Gasteiger partial charge in [0.25, 0.3) is 0 Å². The Morgan fingerprint density at radius 1 is 1.00 bits per heavy atom. The number of carbonyl (C=O) groups is 1. The highest BCUT2D eigenvalue weighted by atomic mass is 16.4. The molecule has 19 heavy (non-hydrogen) atoms. The van der Waals surface area contributed by atoms with Gasteiger partial charge in [-0.3, -0.25) is 4.99 Å². The van der Waals surface area contributed by atoms with Crippen molar-refractivity contribution in [2.24, 2.45) is 4.99 Å². The van der Waals surface area contributed by atoms with Gasteiger partial charge in [-0.25, -0.2) is 4.79 Å². The van der Waals surface area contributed by atoms with E-state index >= 15 is 0 Å². The number of benzene rings is 2. The van der Waals surface area contributed by atoms with Gasteiger partial charge in [-0.2, -0.15) is 0 Å². The van der Waals surface area contributed by atoms with Crippen LogP contribution in [0.15, 0.2) is 65.7 Å². The second-order valence-electron chi connectivity index (χ2n) is 3.90. The molecule has 2 aromatic carbocycles. The van der Waals surface area contributed by atoms with E-state index in [0.29, 0.717) is 0 Å². The molecule has 0 bridgehead atoms. The molecule has 2 rings (SSSR count). The smallest absolute Gasteiger partial charge is 0.335 e. The van der Waals surface area contributed by atoms with Crippen LogP contribution in [0, 0.1) is 0 Å². The fourth-order valence-electron chi connectivity index (χ4n) is 1.54. The number of hydrogen-bond acceptors (Lipinski definition) is 2. The van der Waals surface area contributed by atoms with Gasteiger partial charge in [0, 0.05) is 6.21 Å². The molecular weight excluding hydrogens is 238 g/mol. The van der Waals surface area contributed by atoms with Crippen molar-refractivity contribution in [3.05, 3.63) is 71.8 Å². The molecule has 0 spiro atoms. The van der Waals surface area contributed by atoms with Gasteiger partial charge in [-0.1, -0.05) is 36.4 Å². The van der Waals surface area contributed by atoms with Gasteiger partial charge in [0.15, 0.2) is 0 Å². The SMILES string of the molecule is O=C(O)c1ccc(N=C/C=C\c2ccccc2)cc1. The number of aliphatic imine (C=N–C) groups is 1. The molecule has 0 heterocycles. The van der Waals surface area contributed by atoms with Crippen molar-refractivity contribution in [1.82, 2.24) is 0 Å². The largest absolute Gasteiger partial charge is 0.478 e. The standard InChI is InChI=1S/C16H13NO2/c18-16(19)14-8-10-15(11-9-14)17-12-4-7-13-5-2-1-3-6-13/h1-12H,(H,18,19)/b7-4-,17-12?. The summed E-state index contributed by atoms with van der Waals surface area (Å²) in [6.45, 7) is 0. The molecule has 3 heteroatoms. The molecule has 0 amide bonds. The summed E-state index contributed by atoms with van der Waals surface area (Å²) in [7, 11) is 0. The Kier molecular flexibility index (Phi) is 4.24. The first-order valence-electron chi connectivity index (χ1n) is 5.85. The first-order valence-corrected chi connectivity index (χ1v) is 5.85. The zero-order valence-corrected chi connectivity index (χ0v) is 10.2. The lowest BCUT2D eigenvalue weighted by Crippen LogP contribution is -1.94. The topological polar surface area (TPSA) is 49.7 Å². The van der Waals surface area contributed by atoms with E-state index in [0.717, 1.165) is 11.3 Å². The third-order valence-corrected chi connectivity index (χ3v) is 2.51. The lowest BCUT2D eigenvalue weighted by atomic mass is 10.2. The number of nitrogens with zero attached hydrogens (tertiary/aromatic N) is 1. The van der Waals surface area contributed by atoms with Gasteiger partial charge >= 0.3 is 5.97 Å². The molecule has 0 saturated heterocycles. The molecular formula is C16H13NO2. The Bertz CT molecular complexity index is 598. The third-order valence-electron chi connectivity index (χ3n) is 2.51. The van der Waals surface area contributed by atoms with E-state index in [2.05, 4.69) is 4.99 Å². The molecule has 3 nitrogen and oxygen atoms in total. The van der Waals surface area contributed by atoms with E-state index in [1.165, 1.54) is 12.1 Å². The Morgan fingerprint density at radius 2 is 1.68 bits per heavy atom. The fourth-order valence-corrected chi connectivity index (χ4v) is 1.54. The van der Waals surface area contributed by atoms with Crippen molar-refractivity contribution in [2.75, 3.05) is 0 Å². The van der Waals surface area contributed by atoms with Crippen LogP contribution in [0.1, 0.15) is 15.9 Å². The maximum Gasteiger partial charge on any atom is 0.335 e. The van der Waals surface area contributed by atoms with Gasteiger partial charge in [0.1, 0.15) is 0 Å². The normalized spacial score (nSPS) is 11.2. The van der Waals surface area contributed by atoms with Crippen LogP contribution in [0.2, 0.25) is 0 Å². The second kappa shape index (κ2) is 6.31. The molecule has 0 aliphatic carbocycles. The molecule has 0 fully saturated rings. The minimum atomic E-state index is -0.931. The predicted molar refractivity (Wildman–Crippen MR) is 77.0 cm³/mol. The van der Waals surface area contributed by atoms with Crippen molar-refractivity contribution in [2.45, 2.75) is 0 Å². The highest BCUT2D eigenvalue weighted by molar-refractivity contribution is 5.88. The summed E-state index contributed by atoms with van der Waals surface area (Å²) >= 11 is 0. The summed E-state index contributed by atoms with van der Waals surface area (Å²) in [5.74, 6) is -0.931. The number of carboxylic acids is 1. The minimum Gasteiger partial charge on any atom is -0.478 e. The lowest BCUT2D eigenvalue weighted by molar-refractivity contribution is 0.0697. The fraction of sp³-hybridized carbons (Fsp3) is 0. The zero-order chi connectivity index (χ0) is 13.5. The van der Waals surface area contributed by atoms with Crippen molar-refractivity contribution in [3.8, 4) is 0 Å². The van der Waals surface area contributed by atoms with E-state index in [4.69, 9.17) is 5.11 Å². The molecule has 0 aromatic heterocycles. The molecule has 0 aliphatic rings. The van der Waals surface area contributed by atoms with E-state index in [-0.39, 0.29) is 5.56 Å². The first kappa shape index (κ1) is 12.8. The van der Waals surface area contributed by atoms with Crippen LogP contribution in [-0.2, 0) is 0 Å². The van der Waals surface area contributed by atoms with E-state index in [1.54, 1.807) is 18.3 Å². The molecule has 2 aromatic rings. The molecule has 1 N–H and O–H groups in total. The summed E-state index contributed by atoms with van der Waals surface area (Å²) in [6, 6.07) is 16.4. The van der Waals surface area contributed by atoms with Gasteiger partial charge in [0.05, 0.1) is 11.3 Å². The molecule has 0 atom stereocenters. The zero-order valence-electron chi connectivity index (χ0n) is 10.2. The van der Waals surface area contributed by atoms with Crippen LogP contribution < -0.4 is 0 Å². The summed E-state index contributed by atoms with van der Waals surface area (Å²) < 4.78 is 0. The summed E-state index contributed by atoms with van der Waals surface area (Å²) in [5, 5.41) is 8.77. The molecule has 0 aliphatic heterocycles. The van der Waals surface area contributed by atoms with Crippen molar-refractivity contribution in [1.29, 1.82) is 0 Å². The van der Waals surface area contributed by atoms with Gasteiger partial charge in [0.2, 0.25) is 0 Å². The molecule has 0 unspecified atom stereocenters. The monoisotopic (exact) mass is 251 g/mol. The van der Waals surface area contributed by atoms with Crippen LogP contribution in [0.5, 0.6) is 0 Å². The number of rotatable bonds is 4. The molecule has 0 radical (unpaired) electrons. The molecule has 94 valence electrons. The average molecular weight is 251 g/mol. The van der Waals surface area contributed by atoms with Gasteiger partial charge < -0.3 is 5.11 Å². The minimum absolute atomic E-state index is 0.263. The first-order chi connectivity index (χ1) is 9.25. The van der Waals surface area contributed by atoms with Crippen LogP contribution in [0.4, 0.5) is 5.69 Å². The number of hydrogen-bond donors (Lipinski definition) is 1. The summed E-state index contributed by atoms with van der Waals surface area (Å²) in [4.78, 5) is 14.9. The van der Waals surface area contributed by atoms with Crippen molar-refractivity contribution < 1.29 is 9.90 Å². The maximum absolute atomic E-state index is 10.7. The highest BCUT2D eigenvalue weighted by Gasteiger charge is 1.99. The highest BCUT2D eigenvalue weighted by Crippen LogP contribution is 2.12. The third kappa shape index (κ3) is 3.92. The van der Waals surface area contributed by atoms with Crippen LogP contribution >= 0.6 is 0 Å². The number of carboxylic acid groups (broad SMARTS) is 1. The average Bonchev–Trinajstić information content (AvgIpc) is 2.45. The van der Waals surface area contributed by atoms with Crippen molar-refractivity contribution in [3.63, 3.8) is 0 Å². The van der Waals surface area contributed by atoms with Gasteiger partial charge in [-0.15, -0.1) is 0 Å². The van der Waals surface area contributed by atoms with Crippen molar-refractivity contribution >= 4 is 23.9 Å². The Balaban J connectivity index is 1.99. The van der Waals surface area contributed by atoms with Crippen LogP contribution in [0.25, 0.3) is 6.08 Å². The second-order valence-corrected chi connectivity index (χ2v) is 3.90. The maximum atomic E-state index is 10.7. The van der Waals surface area contributed by atoms with E-state index < -0.39 is 5.97 Å². The van der Waals surface area contributed by atoms with Crippen LogP contribution in [-0.4, -0.2) is 17.3 Å². The van der Waals surface area contributed by atoms with Crippen LogP contribution in [0.3, 0.4) is 0 Å². The Labute approximate surface area is 111 Å². The van der Waals surface area contributed by atoms with Gasteiger partial charge in [-0.05, 0) is 35.9 Å². The lowest BCUT2D eigenvalue weighted by Gasteiger charge is -1.94. The number of aromatic carboxylic acids is 1. The summed E-state index contributed by atoms with van der Waals surface area (Å²) in [5.41, 5.74) is 2.09. The quantitative estimate of drug-likeness (QED) is 0.840. The Hall–Kier alpha value is -2.68. The van der Waals surface area contributed by atoms with E-state index in [1.807, 2.05) is 42.5 Å². The number of allylic oxidation sites excluding steroid dienone is 1. The predicted octanol–water partition coefficient (Wildman–Crippen LogP) is 3.80. The Morgan fingerprint density at radius 3 is 2.32 bits per heavy atom. The molecule has 0 saturated carbocycles.